The van der Waals surface area contributed by atoms with Gasteiger partial charge in [-0.2, -0.15) is 0 Å². The van der Waals surface area contributed by atoms with Gasteiger partial charge in [-0.05, 0) is 37.0 Å². The van der Waals surface area contributed by atoms with E-state index in [1.807, 2.05) is 18.2 Å². The first-order valence-electron chi connectivity index (χ1n) is 7.45. The lowest BCUT2D eigenvalue weighted by Crippen LogP contribution is -2.19. The minimum atomic E-state index is 0.197. The van der Waals surface area contributed by atoms with Crippen LogP contribution in [-0.2, 0) is 6.42 Å². The molecule has 0 bridgehead atoms. The van der Waals surface area contributed by atoms with Crippen molar-refractivity contribution in [2.45, 2.75) is 46.1 Å². The number of rotatable bonds is 6. The van der Waals surface area contributed by atoms with Crippen LogP contribution in [0.25, 0.3) is 11.0 Å². The van der Waals surface area contributed by atoms with Crippen molar-refractivity contribution < 1.29 is 5.11 Å². The molecule has 2 rings (SSSR count). The topological polar surface area (TPSA) is 64.1 Å². The molecule has 4 heteroatoms. The average molecular weight is 275 g/mol. The van der Waals surface area contributed by atoms with E-state index in [0.29, 0.717) is 5.92 Å². The van der Waals surface area contributed by atoms with E-state index in [9.17, 15) is 5.11 Å². The number of anilines is 1. The van der Waals surface area contributed by atoms with Gasteiger partial charge in [0.15, 0.2) is 0 Å². The third-order valence-corrected chi connectivity index (χ3v) is 3.79. The van der Waals surface area contributed by atoms with Crippen LogP contribution in [-0.4, -0.2) is 21.3 Å². The van der Waals surface area contributed by atoms with Gasteiger partial charge in [0.1, 0.15) is 5.82 Å². The molecule has 1 atom stereocenters. The first-order chi connectivity index (χ1) is 9.58. The van der Waals surface area contributed by atoms with Crippen molar-refractivity contribution in [2.24, 2.45) is 5.92 Å². The summed E-state index contributed by atoms with van der Waals surface area (Å²) in [7, 11) is 0. The van der Waals surface area contributed by atoms with E-state index < -0.39 is 0 Å². The second-order valence-corrected chi connectivity index (χ2v) is 5.72. The van der Waals surface area contributed by atoms with Crippen molar-refractivity contribution in [2.75, 3.05) is 12.3 Å². The number of nitrogens with two attached hydrogens (primary N) is 1. The highest BCUT2D eigenvalue weighted by molar-refractivity contribution is 5.79. The Morgan fingerprint density at radius 1 is 1.35 bits per heavy atom. The van der Waals surface area contributed by atoms with Gasteiger partial charge in [-0.1, -0.05) is 20.8 Å². The third-order valence-electron chi connectivity index (χ3n) is 3.79. The average Bonchev–Trinajstić information content (AvgIpc) is 2.73. The highest BCUT2D eigenvalue weighted by Crippen LogP contribution is 2.30. The highest BCUT2D eigenvalue weighted by atomic mass is 16.3. The van der Waals surface area contributed by atoms with Gasteiger partial charge >= 0.3 is 0 Å². The van der Waals surface area contributed by atoms with E-state index in [4.69, 9.17) is 10.7 Å². The fourth-order valence-electron chi connectivity index (χ4n) is 2.83. The van der Waals surface area contributed by atoms with Crippen LogP contribution in [0.1, 0.15) is 45.5 Å². The van der Waals surface area contributed by atoms with Crippen LogP contribution in [0.3, 0.4) is 0 Å². The largest absolute Gasteiger partial charge is 0.399 e. The van der Waals surface area contributed by atoms with Crippen LogP contribution in [0, 0.1) is 5.92 Å². The van der Waals surface area contributed by atoms with E-state index in [-0.39, 0.29) is 12.6 Å². The summed E-state index contributed by atoms with van der Waals surface area (Å²) in [5, 5.41) is 9.37. The number of aliphatic hydroxyl groups is 1. The van der Waals surface area contributed by atoms with Gasteiger partial charge in [0.25, 0.3) is 0 Å². The fraction of sp³-hybridized carbons (Fsp3) is 0.562. The van der Waals surface area contributed by atoms with E-state index in [1.165, 1.54) is 0 Å². The number of hydrogen-bond donors (Lipinski definition) is 2. The highest BCUT2D eigenvalue weighted by Gasteiger charge is 2.21. The molecule has 3 N–H and O–H groups in total. The second-order valence-electron chi connectivity index (χ2n) is 5.72. The predicted octanol–water partition coefficient (Wildman–Crippen LogP) is 3.15. The number of nitrogen functional groups attached to an aromatic ring is 1. The molecule has 4 nitrogen and oxygen atoms in total. The molecule has 0 aliphatic heterocycles. The Morgan fingerprint density at radius 3 is 2.70 bits per heavy atom. The minimum Gasteiger partial charge on any atom is -0.399 e. The molecule has 1 aromatic heterocycles. The molecular weight excluding hydrogens is 250 g/mol. The van der Waals surface area contributed by atoms with Gasteiger partial charge in [0, 0.05) is 24.8 Å². The van der Waals surface area contributed by atoms with E-state index in [1.54, 1.807) is 0 Å². The summed E-state index contributed by atoms with van der Waals surface area (Å²) in [4.78, 5) is 4.75. The first kappa shape index (κ1) is 14.9. The van der Waals surface area contributed by atoms with E-state index in [2.05, 4.69) is 25.3 Å². The summed E-state index contributed by atoms with van der Waals surface area (Å²) in [6.07, 6.45) is 2.76. The Morgan fingerprint density at radius 2 is 2.10 bits per heavy atom. The number of nitrogens with zero attached hydrogens (tertiary/aromatic N) is 2. The molecule has 1 unspecified atom stereocenters. The van der Waals surface area contributed by atoms with Crippen LogP contribution in [0.4, 0.5) is 5.69 Å². The number of benzene rings is 1. The van der Waals surface area contributed by atoms with Crippen molar-refractivity contribution >= 4 is 16.7 Å². The monoisotopic (exact) mass is 275 g/mol. The van der Waals surface area contributed by atoms with Crippen molar-refractivity contribution in [1.29, 1.82) is 0 Å². The zero-order valence-electron chi connectivity index (χ0n) is 12.6. The zero-order valence-corrected chi connectivity index (χ0v) is 12.6. The van der Waals surface area contributed by atoms with Gasteiger partial charge in [-0.15, -0.1) is 0 Å². The van der Waals surface area contributed by atoms with Gasteiger partial charge in [0.2, 0.25) is 0 Å². The Balaban J connectivity index is 2.60. The summed E-state index contributed by atoms with van der Waals surface area (Å²) in [6.45, 7) is 6.75. The van der Waals surface area contributed by atoms with Crippen molar-refractivity contribution in [3.05, 3.63) is 24.0 Å². The van der Waals surface area contributed by atoms with Crippen molar-refractivity contribution in [1.82, 2.24) is 9.55 Å². The molecule has 0 aliphatic carbocycles. The standard InChI is InChI=1S/C16H25N3O/c1-4-5-16-18-13-10-12(17)6-7-15(13)19(16)14(8-9-20)11(2)3/h6-7,10-11,14,20H,4-5,8-9,17H2,1-3H3. The molecule has 0 amide bonds. The normalized spacial score (nSPS) is 13.2. The summed E-state index contributed by atoms with van der Waals surface area (Å²) in [5.41, 5.74) is 8.68. The summed E-state index contributed by atoms with van der Waals surface area (Å²) in [5.74, 6) is 1.55. The number of hydrogen-bond acceptors (Lipinski definition) is 3. The molecule has 0 radical (unpaired) electrons. The molecule has 1 aromatic carbocycles. The Kier molecular flexibility index (Phi) is 4.65. The maximum Gasteiger partial charge on any atom is 0.110 e. The third kappa shape index (κ3) is 2.80. The number of aliphatic hydroxyl groups excluding tert-OH is 1. The maximum atomic E-state index is 9.37. The smallest absolute Gasteiger partial charge is 0.110 e. The lowest BCUT2D eigenvalue weighted by Gasteiger charge is -2.24. The Hall–Kier alpha value is -1.55. The molecule has 20 heavy (non-hydrogen) atoms. The Labute approximate surface area is 120 Å². The van der Waals surface area contributed by atoms with E-state index in [0.717, 1.165) is 41.8 Å². The van der Waals surface area contributed by atoms with E-state index >= 15 is 0 Å². The molecular formula is C16H25N3O. The second kappa shape index (κ2) is 6.27. The summed E-state index contributed by atoms with van der Waals surface area (Å²) in [6, 6.07) is 6.17. The maximum absolute atomic E-state index is 9.37. The molecule has 0 aliphatic rings. The number of imidazole rings is 1. The van der Waals surface area contributed by atoms with Crippen molar-refractivity contribution in [3.8, 4) is 0 Å². The molecule has 1 heterocycles. The van der Waals surface area contributed by atoms with Gasteiger partial charge in [-0.25, -0.2) is 4.98 Å². The van der Waals surface area contributed by atoms with Gasteiger partial charge < -0.3 is 15.4 Å². The number of aromatic nitrogens is 2. The fourth-order valence-corrected chi connectivity index (χ4v) is 2.83. The van der Waals surface area contributed by atoms with Gasteiger partial charge in [0.05, 0.1) is 11.0 Å². The van der Waals surface area contributed by atoms with Crippen LogP contribution in [0.5, 0.6) is 0 Å². The minimum absolute atomic E-state index is 0.197. The summed E-state index contributed by atoms with van der Waals surface area (Å²) >= 11 is 0. The lowest BCUT2D eigenvalue weighted by atomic mass is 10.0. The molecule has 0 spiro atoms. The molecule has 0 fully saturated rings. The van der Waals surface area contributed by atoms with Crippen LogP contribution in [0.15, 0.2) is 18.2 Å². The number of aryl methyl sites for hydroxylation is 1. The molecule has 0 saturated heterocycles. The zero-order chi connectivity index (χ0) is 14.7. The quantitative estimate of drug-likeness (QED) is 0.796. The van der Waals surface area contributed by atoms with Crippen LogP contribution >= 0.6 is 0 Å². The molecule has 2 aromatic rings. The summed E-state index contributed by atoms with van der Waals surface area (Å²) < 4.78 is 2.30. The SMILES string of the molecule is CCCc1nc2cc(N)ccc2n1C(CCO)C(C)C. The Bertz CT molecular complexity index is 574. The van der Waals surface area contributed by atoms with Crippen molar-refractivity contribution in [3.63, 3.8) is 0 Å². The van der Waals surface area contributed by atoms with Crippen LogP contribution < -0.4 is 5.73 Å². The van der Waals surface area contributed by atoms with Crippen LogP contribution in [0.2, 0.25) is 0 Å². The lowest BCUT2D eigenvalue weighted by molar-refractivity contribution is 0.232. The van der Waals surface area contributed by atoms with Gasteiger partial charge in [-0.3, -0.25) is 0 Å². The molecule has 110 valence electrons. The first-order valence-corrected chi connectivity index (χ1v) is 7.45. The number of fused-ring (bicyclic) bond motifs is 1. The predicted molar refractivity (Wildman–Crippen MR) is 83.7 cm³/mol. The molecule has 0 saturated carbocycles.